The van der Waals surface area contributed by atoms with Crippen LogP contribution in [-0.2, 0) is 4.79 Å². The van der Waals surface area contributed by atoms with Crippen molar-refractivity contribution in [1.29, 1.82) is 0 Å². The second-order valence-electron chi connectivity index (χ2n) is 3.18. The van der Waals surface area contributed by atoms with Gasteiger partial charge in [0, 0.05) is 23.2 Å². The molecule has 0 atom stereocenters. The fourth-order valence-corrected chi connectivity index (χ4v) is 1.74. The zero-order chi connectivity index (χ0) is 12.1. The van der Waals surface area contributed by atoms with Gasteiger partial charge in [0.25, 0.3) is 0 Å². The predicted octanol–water partition coefficient (Wildman–Crippen LogP) is 2.93. The molecule has 0 aliphatic heterocycles. The second-order valence-corrected chi connectivity index (χ2v) is 4.08. The van der Waals surface area contributed by atoms with Gasteiger partial charge in [-0.05, 0) is 12.1 Å². The van der Waals surface area contributed by atoms with Crippen molar-refractivity contribution >= 4 is 28.5 Å². The maximum atomic E-state index is 13.2. The van der Waals surface area contributed by atoms with Gasteiger partial charge < -0.3 is 0 Å². The summed E-state index contributed by atoms with van der Waals surface area (Å²) in [4.78, 5) is 15.3. The van der Waals surface area contributed by atoms with Crippen LogP contribution in [0.25, 0.3) is 6.08 Å². The number of anilines is 1. The van der Waals surface area contributed by atoms with E-state index in [0.29, 0.717) is 10.7 Å². The molecule has 1 heterocycles. The molecule has 17 heavy (non-hydrogen) atoms. The van der Waals surface area contributed by atoms with Crippen molar-refractivity contribution in [2.45, 2.75) is 0 Å². The van der Waals surface area contributed by atoms with Crippen LogP contribution in [-0.4, -0.2) is 10.9 Å². The summed E-state index contributed by atoms with van der Waals surface area (Å²) in [7, 11) is 0. The number of carbonyl (C=O) groups is 1. The van der Waals surface area contributed by atoms with E-state index in [-0.39, 0.29) is 11.7 Å². The van der Waals surface area contributed by atoms with E-state index in [1.54, 1.807) is 29.8 Å². The monoisotopic (exact) mass is 248 g/mol. The first kappa shape index (κ1) is 11.5. The molecule has 5 heteroatoms. The van der Waals surface area contributed by atoms with E-state index in [1.165, 1.54) is 29.6 Å². The lowest BCUT2D eigenvalue weighted by Crippen LogP contribution is -2.07. The summed E-state index contributed by atoms with van der Waals surface area (Å²) in [5, 5.41) is 4.85. The minimum absolute atomic E-state index is 0.330. The molecule has 0 aliphatic rings. The molecule has 1 aromatic heterocycles. The van der Waals surface area contributed by atoms with Gasteiger partial charge in [-0.25, -0.2) is 9.37 Å². The lowest BCUT2D eigenvalue weighted by atomic mass is 10.2. The number of aromatic nitrogens is 1. The van der Waals surface area contributed by atoms with E-state index in [0.717, 1.165) is 0 Å². The molecule has 2 aromatic rings. The van der Waals surface area contributed by atoms with Crippen LogP contribution < -0.4 is 5.32 Å². The van der Waals surface area contributed by atoms with Crippen molar-refractivity contribution in [3.8, 4) is 0 Å². The normalized spacial score (nSPS) is 10.6. The standard InChI is InChI=1S/C12H9FN2OS/c13-10-4-2-1-3-9(10)5-6-11(16)15-12-14-7-8-17-12/h1-8H,(H,14,15,16)/b6-5+. The van der Waals surface area contributed by atoms with E-state index < -0.39 is 0 Å². The predicted molar refractivity (Wildman–Crippen MR) is 66.2 cm³/mol. The number of hydrogen-bond donors (Lipinski definition) is 1. The van der Waals surface area contributed by atoms with Crippen molar-refractivity contribution < 1.29 is 9.18 Å². The first-order valence-electron chi connectivity index (χ1n) is 4.89. The summed E-state index contributed by atoms with van der Waals surface area (Å²) >= 11 is 1.33. The largest absolute Gasteiger partial charge is 0.298 e. The number of hydrogen-bond acceptors (Lipinski definition) is 3. The van der Waals surface area contributed by atoms with Gasteiger partial charge in [0.05, 0.1) is 0 Å². The van der Waals surface area contributed by atoms with Gasteiger partial charge in [-0.15, -0.1) is 11.3 Å². The summed E-state index contributed by atoms with van der Waals surface area (Å²) in [6, 6.07) is 6.25. The lowest BCUT2D eigenvalue weighted by Gasteiger charge is -1.96. The molecule has 3 nitrogen and oxygen atoms in total. The van der Waals surface area contributed by atoms with E-state index >= 15 is 0 Å². The highest BCUT2D eigenvalue weighted by atomic mass is 32.1. The number of carbonyl (C=O) groups excluding carboxylic acids is 1. The smallest absolute Gasteiger partial charge is 0.250 e. The molecule has 2 rings (SSSR count). The number of benzene rings is 1. The number of nitrogens with one attached hydrogen (secondary N) is 1. The fourth-order valence-electron chi connectivity index (χ4n) is 1.21. The van der Waals surface area contributed by atoms with E-state index in [4.69, 9.17) is 0 Å². The molecule has 0 spiro atoms. The quantitative estimate of drug-likeness (QED) is 0.848. The van der Waals surface area contributed by atoms with Crippen LogP contribution in [0.4, 0.5) is 9.52 Å². The Bertz CT molecular complexity index is 537. The summed E-state index contributed by atoms with van der Waals surface area (Å²) in [6.45, 7) is 0. The Hall–Kier alpha value is -2.01. The fraction of sp³-hybridized carbons (Fsp3) is 0. The van der Waals surface area contributed by atoms with Crippen LogP contribution in [0.15, 0.2) is 41.9 Å². The van der Waals surface area contributed by atoms with Crippen molar-refractivity contribution in [2.24, 2.45) is 0 Å². The van der Waals surface area contributed by atoms with Gasteiger partial charge in [-0.1, -0.05) is 18.2 Å². The second kappa shape index (κ2) is 5.36. The lowest BCUT2D eigenvalue weighted by molar-refractivity contribution is -0.111. The summed E-state index contributed by atoms with van der Waals surface area (Å²) in [5.74, 6) is -0.686. The highest BCUT2D eigenvalue weighted by Gasteiger charge is 2.00. The molecule has 0 saturated heterocycles. The zero-order valence-corrected chi connectivity index (χ0v) is 9.58. The Labute approximate surface area is 102 Å². The van der Waals surface area contributed by atoms with Crippen LogP contribution in [0.2, 0.25) is 0 Å². The van der Waals surface area contributed by atoms with Crippen LogP contribution in [0.5, 0.6) is 0 Å². The van der Waals surface area contributed by atoms with Gasteiger partial charge >= 0.3 is 0 Å². The average molecular weight is 248 g/mol. The minimum Gasteiger partial charge on any atom is -0.298 e. The summed E-state index contributed by atoms with van der Waals surface area (Å²) < 4.78 is 13.2. The Morgan fingerprint density at radius 1 is 1.41 bits per heavy atom. The molecule has 0 fully saturated rings. The third kappa shape index (κ3) is 3.22. The Kier molecular flexibility index (Phi) is 3.62. The molecule has 86 valence electrons. The maximum absolute atomic E-state index is 13.2. The molecule has 1 amide bonds. The van der Waals surface area contributed by atoms with Crippen molar-refractivity contribution in [1.82, 2.24) is 4.98 Å². The molecule has 1 aromatic carbocycles. The SMILES string of the molecule is O=C(/C=C/c1ccccc1F)Nc1nccs1. The van der Waals surface area contributed by atoms with Crippen LogP contribution >= 0.6 is 11.3 Å². The molecule has 0 unspecified atom stereocenters. The van der Waals surface area contributed by atoms with Crippen molar-refractivity contribution in [2.75, 3.05) is 5.32 Å². The topological polar surface area (TPSA) is 42.0 Å². The van der Waals surface area contributed by atoms with Crippen molar-refractivity contribution in [3.63, 3.8) is 0 Å². The molecular weight excluding hydrogens is 239 g/mol. The number of amides is 1. The maximum Gasteiger partial charge on any atom is 0.250 e. The molecule has 0 aliphatic carbocycles. The average Bonchev–Trinajstić information content (AvgIpc) is 2.81. The van der Waals surface area contributed by atoms with Crippen LogP contribution in [0, 0.1) is 5.82 Å². The van der Waals surface area contributed by atoms with Gasteiger partial charge in [0.2, 0.25) is 5.91 Å². The minimum atomic E-state index is -0.356. The molecule has 0 bridgehead atoms. The first-order valence-corrected chi connectivity index (χ1v) is 5.77. The van der Waals surface area contributed by atoms with E-state index in [9.17, 15) is 9.18 Å². The number of thiazole rings is 1. The van der Waals surface area contributed by atoms with Gasteiger partial charge in [0.15, 0.2) is 5.13 Å². The van der Waals surface area contributed by atoms with Gasteiger partial charge in [-0.3, -0.25) is 10.1 Å². The molecule has 0 radical (unpaired) electrons. The van der Waals surface area contributed by atoms with Crippen LogP contribution in [0.3, 0.4) is 0 Å². The van der Waals surface area contributed by atoms with Gasteiger partial charge in [-0.2, -0.15) is 0 Å². The third-order valence-corrected chi connectivity index (χ3v) is 2.67. The Morgan fingerprint density at radius 2 is 2.24 bits per heavy atom. The molecule has 1 N–H and O–H groups in total. The number of rotatable bonds is 3. The number of nitrogens with zero attached hydrogens (tertiary/aromatic N) is 1. The Morgan fingerprint density at radius 3 is 2.94 bits per heavy atom. The zero-order valence-electron chi connectivity index (χ0n) is 8.76. The van der Waals surface area contributed by atoms with Gasteiger partial charge in [0.1, 0.15) is 5.82 Å². The number of halogens is 1. The summed E-state index contributed by atoms with van der Waals surface area (Å²) in [5.41, 5.74) is 0.377. The summed E-state index contributed by atoms with van der Waals surface area (Å²) in [6.07, 6.45) is 4.30. The first-order chi connectivity index (χ1) is 8.25. The highest BCUT2D eigenvalue weighted by Crippen LogP contribution is 2.11. The highest BCUT2D eigenvalue weighted by molar-refractivity contribution is 7.13. The molecule has 0 saturated carbocycles. The van der Waals surface area contributed by atoms with E-state index in [2.05, 4.69) is 10.3 Å². The molecular formula is C12H9FN2OS. The third-order valence-electron chi connectivity index (χ3n) is 1.98. The van der Waals surface area contributed by atoms with Crippen molar-refractivity contribution in [3.05, 3.63) is 53.3 Å². The van der Waals surface area contributed by atoms with E-state index in [1.807, 2.05) is 0 Å². The Balaban J connectivity index is 2.01. The van der Waals surface area contributed by atoms with Crippen LogP contribution in [0.1, 0.15) is 5.56 Å².